The highest BCUT2D eigenvalue weighted by Gasteiger charge is 2.44. The van der Waals surface area contributed by atoms with Crippen molar-refractivity contribution in [3.8, 4) is 5.75 Å². The molecule has 2 aliphatic rings. The minimum Gasteiger partial charge on any atom is -0.495 e. The molecule has 1 fully saturated rings. The van der Waals surface area contributed by atoms with E-state index in [1.807, 2.05) is 29.2 Å². The number of para-hydroxylation sites is 2. The lowest BCUT2D eigenvalue weighted by Gasteiger charge is -2.41. The van der Waals surface area contributed by atoms with Crippen molar-refractivity contribution in [1.82, 2.24) is 0 Å². The molecule has 1 saturated carbocycles. The van der Waals surface area contributed by atoms with Crippen molar-refractivity contribution in [3.05, 3.63) is 24.3 Å². The summed E-state index contributed by atoms with van der Waals surface area (Å²) in [7, 11) is 1.65. The number of aliphatic imine (C=N–C) groups is 2. The van der Waals surface area contributed by atoms with E-state index in [-0.39, 0.29) is 5.96 Å². The van der Waals surface area contributed by atoms with Crippen LogP contribution in [-0.2, 0) is 0 Å². The summed E-state index contributed by atoms with van der Waals surface area (Å²) in [5.41, 5.74) is 12.4. The fourth-order valence-corrected chi connectivity index (χ4v) is 3.11. The van der Waals surface area contributed by atoms with Gasteiger partial charge in [-0.15, -0.1) is 0 Å². The van der Waals surface area contributed by atoms with Gasteiger partial charge in [-0.3, -0.25) is 4.90 Å². The molecule has 6 nitrogen and oxygen atoms in total. The molecule has 1 aromatic rings. The van der Waals surface area contributed by atoms with Crippen LogP contribution in [0, 0.1) is 0 Å². The van der Waals surface area contributed by atoms with Gasteiger partial charge in [0, 0.05) is 0 Å². The summed E-state index contributed by atoms with van der Waals surface area (Å²) >= 11 is 0. The van der Waals surface area contributed by atoms with Gasteiger partial charge in [0.25, 0.3) is 0 Å². The number of nitrogens with two attached hydrogens (primary N) is 2. The molecule has 0 atom stereocenters. The van der Waals surface area contributed by atoms with Crippen LogP contribution in [0.1, 0.15) is 25.7 Å². The number of rotatable bonds is 2. The lowest BCUT2D eigenvalue weighted by atomic mass is 10.1. The average molecular weight is 273 g/mol. The van der Waals surface area contributed by atoms with Gasteiger partial charge in [0.15, 0.2) is 0 Å². The molecule has 1 aliphatic heterocycles. The van der Waals surface area contributed by atoms with E-state index in [0.717, 1.165) is 37.1 Å². The molecule has 0 amide bonds. The molecule has 1 spiro atoms. The summed E-state index contributed by atoms with van der Waals surface area (Å²) in [6.07, 6.45) is 4.05. The quantitative estimate of drug-likeness (QED) is 0.852. The molecule has 0 bridgehead atoms. The first-order valence-electron chi connectivity index (χ1n) is 6.79. The van der Waals surface area contributed by atoms with Gasteiger partial charge >= 0.3 is 0 Å². The molecule has 20 heavy (non-hydrogen) atoms. The zero-order chi connectivity index (χ0) is 14.2. The Bertz CT molecular complexity index is 575. The van der Waals surface area contributed by atoms with Crippen LogP contribution in [0.15, 0.2) is 34.3 Å². The van der Waals surface area contributed by atoms with Gasteiger partial charge in [0.2, 0.25) is 11.9 Å². The Hall–Kier alpha value is -2.24. The lowest BCUT2D eigenvalue weighted by Crippen LogP contribution is -2.56. The van der Waals surface area contributed by atoms with Crippen molar-refractivity contribution in [2.24, 2.45) is 21.5 Å². The summed E-state index contributed by atoms with van der Waals surface area (Å²) in [4.78, 5) is 10.7. The summed E-state index contributed by atoms with van der Waals surface area (Å²) in [5, 5.41) is 0. The Morgan fingerprint density at radius 3 is 2.60 bits per heavy atom. The minimum absolute atomic E-state index is 0.260. The Morgan fingerprint density at radius 1 is 1.20 bits per heavy atom. The number of hydrogen-bond acceptors (Lipinski definition) is 6. The van der Waals surface area contributed by atoms with Gasteiger partial charge in [0.1, 0.15) is 11.4 Å². The van der Waals surface area contributed by atoms with Gasteiger partial charge in [-0.25, -0.2) is 4.99 Å². The van der Waals surface area contributed by atoms with Crippen molar-refractivity contribution in [2.45, 2.75) is 31.3 Å². The molecule has 1 heterocycles. The van der Waals surface area contributed by atoms with Crippen LogP contribution >= 0.6 is 0 Å². The SMILES string of the molecule is COc1ccccc1N1C(N)=NC(N)=NC12CCCC2. The predicted molar refractivity (Wildman–Crippen MR) is 79.9 cm³/mol. The first-order valence-corrected chi connectivity index (χ1v) is 6.79. The third-order valence-corrected chi connectivity index (χ3v) is 3.93. The molecular formula is C14H19N5O. The van der Waals surface area contributed by atoms with Crippen LogP contribution in [0.4, 0.5) is 5.69 Å². The monoisotopic (exact) mass is 273 g/mol. The molecule has 0 saturated heterocycles. The Labute approximate surface area is 118 Å². The van der Waals surface area contributed by atoms with Gasteiger partial charge in [0.05, 0.1) is 12.8 Å². The second-order valence-corrected chi connectivity index (χ2v) is 5.14. The second-order valence-electron chi connectivity index (χ2n) is 5.14. The van der Waals surface area contributed by atoms with Crippen LogP contribution in [-0.4, -0.2) is 24.7 Å². The van der Waals surface area contributed by atoms with Crippen molar-refractivity contribution < 1.29 is 4.74 Å². The van der Waals surface area contributed by atoms with Gasteiger partial charge < -0.3 is 16.2 Å². The van der Waals surface area contributed by atoms with Crippen molar-refractivity contribution in [3.63, 3.8) is 0 Å². The van der Waals surface area contributed by atoms with E-state index in [4.69, 9.17) is 16.2 Å². The molecule has 0 radical (unpaired) electrons. The minimum atomic E-state index is -0.412. The molecule has 6 heteroatoms. The van der Waals surface area contributed by atoms with Crippen molar-refractivity contribution in [2.75, 3.05) is 12.0 Å². The van der Waals surface area contributed by atoms with Crippen LogP contribution in [0.3, 0.4) is 0 Å². The number of nitrogens with zero attached hydrogens (tertiary/aromatic N) is 3. The topological polar surface area (TPSA) is 89.2 Å². The molecule has 0 aromatic heterocycles. The van der Waals surface area contributed by atoms with E-state index >= 15 is 0 Å². The summed E-state index contributed by atoms with van der Waals surface area (Å²) in [5.74, 6) is 1.40. The molecule has 1 aliphatic carbocycles. The maximum atomic E-state index is 6.14. The number of methoxy groups -OCH3 is 1. The normalized spacial score (nSPS) is 20.8. The van der Waals surface area contributed by atoms with E-state index in [1.54, 1.807) is 7.11 Å². The van der Waals surface area contributed by atoms with Gasteiger partial charge in [-0.2, -0.15) is 4.99 Å². The van der Waals surface area contributed by atoms with Crippen LogP contribution < -0.4 is 21.1 Å². The summed E-state index contributed by atoms with van der Waals surface area (Å²) in [6, 6.07) is 7.76. The highest BCUT2D eigenvalue weighted by molar-refractivity contribution is 6.06. The van der Waals surface area contributed by atoms with E-state index in [9.17, 15) is 0 Å². The zero-order valence-corrected chi connectivity index (χ0v) is 11.5. The Balaban J connectivity index is 2.12. The first-order chi connectivity index (χ1) is 9.66. The third kappa shape index (κ3) is 1.88. The molecule has 4 N–H and O–H groups in total. The predicted octanol–water partition coefficient (Wildman–Crippen LogP) is 1.41. The fraction of sp³-hybridized carbons (Fsp3) is 0.429. The van der Waals surface area contributed by atoms with Crippen LogP contribution in [0.2, 0.25) is 0 Å². The van der Waals surface area contributed by atoms with Gasteiger partial charge in [-0.05, 0) is 37.8 Å². The molecule has 106 valence electrons. The number of guanidine groups is 2. The Morgan fingerprint density at radius 2 is 1.90 bits per heavy atom. The van der Waals surface area contributed by atoms with Crippen LogP contribution in [0.25, 0.3) is 0 Å². The first kappa shape index (κ1) is 12.8. The molecular weight excluding hydrogens is 254 g/mol. The van der Waals surface area contributed by atoms with E-state index in [0.29, 0.717) is 5.96 Å². The molecule has 0 unspecified atom stereocenters. The maximum absolute atomic E-state index is 6.14. The molecule has 3 rings (SSSR count). The molecule has 1 aromatic carbocycles. The van der Waals surface area contributed by atoms with E-state index in [1.165, 1.54) is 0 Å². The van der Waals surface area contributed by atoms with Gasteiger partial charge in [-0.1, -0.05) is 12.1 Å². The van der Waals surface area contributed by atoms with E-state index in [2.05, 4.69) is 9.98 Å². The smallest absolute Gasteiger partial charge is 0.220 e. The summed E-state index contributed by atoms with van der Waals surface area (Å²) < 4.78 is 5.44. The van der Waals surface area contributed by atoms with Crippen molar-refractivity contribution >= 4 is 17.6 Å². The fourth-order valence-electron chi connectivity index (χ4n) is 3.11. The highest BCUT2D eigenvalue weighted by atomic mass is 16.5. The number of ether oxygens (including phenoxy) is 1. The summed E-state index contributed by atoms with van der Waals surface area (Å²) in [6.45, 7) is 0. The zero-order valence-electron chi connectivity index (χ0n) is 11.5. The maximum Gasteiger partial charge on any atom is 0.220 e. The standard InChI is InChI=1S/C14H19N5O/c1-20-11-7-3-2-6-10(11)19-13(16)17-12(15)18-14(19)8-4-5-9-14/h2-3,6-7H,4-5,8-9H2,1H3,(H4,15,16,17,18). The lowest BCUT2D eigenvalue weighted by molar-refractivity contribution is 0.404. The third-order valence-electron chi connectivity index (χ3n) is 3.93. The number of anilines is 1. The second kappa shape index (κ2) is 4.70. The average Bonchev–Trinajstić information content (AvgIpc) is 2.87. The Kier molecular flexibility index (Phi) is 3.00. The van der Waals surface area contributed by atoms with E-state index < -0.39 is 5.66 Å². The highest BCUT2D eigenvalue weighted by Crippen LogP contribution is 2.43. The number of benzene rings is 1. The largest absolute Gasteiger partial charge is 0.495 e. The van der Waals surface area contributed by atoms with Crippen molar-refractivity contribution in [1.29, 1.82) is 0 Å². The number of hydrogen-bond donors (Lipinski definition) is 2. The van der Waals surface area contributed by atoms with Crippen LogP contribution in [0.5, 0.6) is 5.75 Å².